The zero-order valence-electron chi connectivity index (χ0n) is 17.8. The number of benzene rings is 1. The van der Waals surface area contributed by atoms with Gasteiger partial charge in [-0.05, 0) is 52.7 Å². The van der Waals surface area contributed by atoms with Crippen LogP contribution in [0.5, 0.6) is 0 Å². The quantitative estimate of drug-likeness (QED) is 0.817. The lowest BCUT2D eigenvalue weighted by Gasteiger charge is -2.33. The molecule has 1 aliphatic rings. The average Bonchev–Trinajstić information content (AvgIpc) is 2.64. The monoisotopic (exact) mass is 384 g/mol. The standard InChI is InChI=1S/C17H22N4.C5H10O2/c1-12-11-21(10-9-18-12)17-14(3)13(2)16(19-20-17)15-7-5-4-6-8-15;1-5(2,3)7-4-6/h4-8,12,18H,9-11H2,1-3H3;4H,1-3H3/t12-;/m0./s1. The smallest absolute Gasteiger partial charge is 0.293 e. The lowest BCUT2D eigenvalue weighted by Crippen LogP contribution is -2.49. The number of rotatable bonds is 3. The Labute approximate surface area is 168 Å². The van der Waals surface area contributed by atoms with Crippen molar-refractivity contribution in [2.24, 2.45) is 0 Å². The van der Waals surface area contributed by atoms with Crippen LogP contribution in [0.3, 0.4) is 0 Å². The van der Waals surface area contributed by atoms with E-state index in [1.165, 1.54) is 11.1 Å². The van der Waals surface area contributed by atoms with Crippen molar-refractivity contribution in [3.05, 3.63) is 41.5 Å². The third-order valence-corrected chi connectivity index (χ3v) is 4.62. The molecular formula is C22H32N4O2. The van der Waals surface area contributed by atoms with Gasteiger partial charge in [0.15, 0.2) is 5.82 Å². The summed E-state index contributed by atoms with van der Waals surface area (Å²) in [6.45, 7) is 15.4. The summed E-state index contributed by atoms with van der Waals surface area (Å²) in [6, 6.07) is 10.8. The van der Waals surface area contributed by atoms with E-state index in [1.54, 1.807) is 0 Å². The van der Waals surface area contributed by atoms with Crippen molar-refractivity contribution < 1.29 is 9.53 Å². The van der Waals surface area contributed by atoms with Crippen molar-refractivity contribution in [1.29, 1.82) is 0 Å². The van der Waals surface area contributed by atoms with Gasteiger partial charge in [0.2, 0.25) is 0 Å². The molecule has 28 heavy (non-hydrogen) atoms. The molecule has 152 valence electrons. The van der Waals surface area contributed by atoms with E-state index in [0.717, 1.165) is 36.7 Å². The maximum absolute atomic E-state index is 9.60. The number of hydrogen-bond acceptors (Lipinski definition) is 6. The van der Waals surface area contributed by atoms with E-state index in [2.05, 4.69) is 58.1 Å². The maximum atomic E-state index is 9.60. The summed E-state index contributed by atoms with van der Waals surface area (Å²) in [5.41, 5.74) is 4.25. The highest BCUT2D eigenvalue weighted by Crippen LogP contribution is 2.27. The van der Waals surface area contributed by atoms with Gasteiger partial charge < -0.3 is 15.0 Å². The van der Waals surface area contributed by atoms with E-state index in [1.807, 2.05) is 39.0 Å². The molecule has 6 nitrogen and oxygen atoms in total. The molecule has 2 aromatic rings. The predicted molar refractivity (Wildman–Crippen MR) is 114 cm³/mol. The molecule has 6 heteroatoms. The molecule has 0 amide bonds. The van der Waals surface area contributed by atoms with Gasteiger partial charge in [-0.25, -0.2) is 0 Å². The zero-order valence-corrected chi connectivity index (χ0v) is 17.8. The van der Waals surface area contributed by atoms with Gasteiger partial charge in [-0.3, -0.25) is 4.79 Å². The topological polar surface area (TPSA) is 67.3 Å². The second-order valence-corrected chi connectivity index (χ2v) is 8.12. The van der Waals surface area contributed by atoms with Crippen LogP contribution in [0, 0.1) is 13.8 Å². The number of ether oxygens (including phenoxy) is 1. The first-order chi connectivity index (χ1) is 13.2. The van der Waals surface area contributed by atoms with Gasteiger partial charge in [0, 0.05) is 31.2 Å². The Bertz CT molecular complexity index is 772. The van der Waals surface area contributed by atoms with E-state index in [9.17, 15) is 4.79 Å². The summed E-state index contributed by atoms with van der Waals surface area (Å²) in [7, 11) is 0. The zero-order chi connectivity index (χ0) is 20.7. The van der Waals surface area contributed by atoms with E-state index >= 15 is 0 Å². The summed E-state index contributed by atoms with van der Waals surface area (Å²) in [5, 5.41) is 12.5. The molecule has 1 atom stereocenters. The summed E-state index contributed by atoms with van der Waals surface area (Å²) < 4.78 is 4.55. The van der Waals surface area contributed by atoms with Crippen molar-refractivity contribution in [2.75, 3.05) is 24.5 Å². The van der Waals surface area contributed by atoms with Crippen LogP contribution >= 0.6 is 0 Å². The average molecular weight is 385 g/mol. The molecule has 0 radical (unpaired) electrons. The van der Waals surface area contributed by atoms with Gasteiger partial charge in [0.05, 0.1) is 5.69 Å². The number of carbonyl (C=O) groups excluding carboxylic acids is 1. The van der Waals surface area contributed by atoms with E-state index in [-0.39, 0.29) is 5.60 Å². The van der Waals surface area contributed by atoms with Crippen LogP contribution in [0.1, 0.15) is 38.8 Å². The molecule has 3 rings (SSSR count). The highest BCUT2D eigenvalue weighted by Gasteiger charge is 2.21. The molecule has 1 saturated heterocycles. The molecule has 1 aromatic heterocycles. The van der Waals surface area contributed by atoms with Gasteiger partial charge >= 0.3 is 0 Å². The number of aromatic nitrogens is 2. The van der Waals surface area contributed by atoms with E-state index in [0.29, 0.717) is 12.5 Å². The Morgan fingerprint density at radius 3 is 2.36 bits per heavy atom. The predicted octanol–water partition coefficient (Wildman–Crippen LogP) is 3.52. The van der Waals surface area contributed by atoms with Gasteiger partial charge in [0.1, 0.15) is 5.60 Å². The Kier molecular flexibility index (Phi) is 7.52. The third-order valence-electron chi connectivity index (χ3n) is 4.62. The number of anilines is 1. The Balaban J connectivity index is 0.000000345. The van der Waals surface area contributed by atoms with E-state index in [4.69, 9.17) is 0 Å². The summed E-state index contributed by atoms with van der Waals surface area (Å²) >= 11 is 0. The summed E-state index contributed by atoms with van der Waals surface area (Å²) in [5.74, 6) is 1.03. The molecule has 0 bridgehead atoms. The van der Waals surface area contributed by atoms with Gasteiger partial charge in [-0.1, -0.05) is 30.3 Å². The van der Waals surface area contributed by atoms with E-state index < -0.39 is 0 Å². The normalized spacial score (nSPS) is 16.8. The fourth-order valence-electron chi connectivity index (χ4n) is 3.03. The van der Waals surface area contributed by atoms with Crippen LogP contribution in [-0.2, 0) is 9.53 Å². The fourth-order valence-corrected chi connectivity index (χ4v) is 3.03. The fraction of sp³-hybridized carbons (Fsp3) is 0.500. The molecule has 1 N–H and O–H groups in total. The Morgan fingerprint density at radius 1 is 1.14 bits per heavy atom. The molecule has 1 aliphatic heterocycles. The second-order valence-electron chi connectivity index (χ2n) is 8.12. The maximum Gasteiger partial charge on any atom is 0.293 e. The van der Waals surface area contributed by atoms with Crippen LogP contribution in [0.2, 0.25) is 0 Å². The van der Waals surface area contributed by atoms with Crippen molar-refractivity contribution in [3.8, 4) is 11.3 Å². The van der Waals surface area contributed by atoms with Gasteiger partial charge in [0.25, 0.3) is 6.47 Å². The van der Waals surface area contributed by atoms with Crippen molar-refractivity contribution in [1.82, 2.24) is 15.5 Å². The molecular weight excluding hydrogens is 352 g/mol. The summed E-state index contributed by atoms with van der Waals surface area (Å²) in [6.07, 6.45) is 0. The minimum absolute atomic E-state index is 0.318. The highest BCUT2D eigenvalue weighted by atomic mass is 16.5. The lowest BCUT2D eigenvalue weighted by molar-refractivity contribution is -0.138. The largest absolute Gasteiger partial charge is 0.462 e. The van der Waals surface area contributed by atoms with Crippen molar-refractivity contribution in [2.45, 2.75) is 53.2 Å². The lowest BCUT2D eigenvalue weighted by atomic mass is 10.0. The minimum atomic E-state index is -0.318. The molecule has 2 heterocycles. The van der Waals surface area contributed by atoms with Crippen molar-refractivity contribution in [3.63, 3.8) is 0 Å². The number of nitrogens with one attached hydrogen (secondary N) is 1. The van der Waals surface area contributed by atoms with Crippen LogP contribution in [-0.4, -0.2) is 47.9 Å². The minimum Gasteiger partial charge on any atom is -0.462 e. The number of nitrogens with zero attached hydrogens (tertiary/aromatic N) is 3. The first kappa shape index (κ1) is 21.8. The molecule has 1 aromatic carbocycles. The number of carbonyl (C=O) groups is 1. The van der Waals surface area contributed by atoms with Crippen LogP contribution in [0.15, 0.2) is 30.3 Å². The van der Waals surface area contributed by atoms with Crippen LogP contribution < -0.4 is 10.2 Å². The second kappa shape index (κ2) is 9.64. The Morgan fingerprint density at radius 2 is 1.82 bits per heavy atom. The molecule has 0 spiro atoms. The Hall–Kier alpha value is -2.47. The highest BCUT2D eigenvalue weighted by molar-refractivity contribution is 5.66. The third kappa shape index (κ3) is 6.02. The van der Waals surface area contributed by atoms with Gasteiger partial charge in [-0.15, -0.1) is 10.2 Å². The number of hydrogen-bond donors (Lipinski definition) is 1. The summed E-state index contributed by atoms with van der Waals surface area (Å²) in [4.78, 5) is 11.9. The van der Waals surface area contributed by atoms with Gasteiger partial charge in [-0.2, -0.15) is 0 Å². The first-order valence-corrected chi connectivity index (χ1v) is 9.72. The SMILES string of the molecule is CC(C)(C)OC=O.Cc1c(-c2ccccc2)nnc(N2CCN[C@@H](C)C2)c1C. The molecule has 1 fully saturated rings. The number of piperazine rings is 1. The first-order valence-electron chi connectivity index (χ1n) is 9.72. The molecule has 0 saturated carbocycles. The van der Waals surface area contributed by atoms with Crippen molar-refractivity contribution >= 4 is 12.3 Å². The van der Waals surface area contributed by atoms with Crippen LogP contribution in [0.25, 0.3) is 11.3 Å². The molecule has 0 aliphatic carbocycles. The molecule has 0 unspecified atom stereocenters. The van der Waals surface area contributed by atoms with Crippen LogP contribution in [0.4, 0.5) is 5.82 Å².